The summed E-state index contributed by atoms with van der Waals surface area (Å²) in [6.07, 6.45) is 1.26. The van der Waals surface area contributed by atoms with Crippen molar-refractivity contribution in [2.75, 3.05) is 0 Å². The van der Waals surface area contributed by atoms with E-state index in [0.29, 0.717) is 5.04 Å². The molecule has 0 N–H and O–H groups in total. The SMILES string of the molecule is CCC(C)(C)[SiH2]C#CC(C)(C)C. The molecular weight excluding hydrogens is 160 g/mol. The van der Waals surface area contributed by atoms with Crippen molar-refractivity contribution in [1.82, 2.24) is 0 Å². The average Bonchev–Trinajstić information content (AvgIpc) is 1.84. The van der Waals surface area contributed by atoms with Crippen LogP contribution in [0.2, 0.25) is 5.04 Å². The second kappa shape index (κ2) is 4.14. The zero-order chi connectivity index (χ0) is 9.83. The second-order valence-electron chi connectivity index (χ2n) is 5.25. The quantitative estimate of drug-likeness (QED) is 0.455. The van der Waals surface area contributed by atoms with Gasteiger partial charge in [-0.1, -0.05) is 27.2 Å². The first kappa shape index (κ1) is 11.8. The van der Waals surface area contributed by atoms with E-state index in [1.807, 2.05) is 0 Å². The molecule has 0 amide bonds. The molecule has 12 heavy (non-hydrogen) atoms. The minimum atomic E-state index is -0.202. The fourth-order valence-corrected chi connectivity index (χ4v) is 2.02. The summed E-state index contributed by atoms with van der Waals surface area (Å²) in [6.45, 7) is 13.4. The zero-order valence-electron chi connectivity index (χ0n) is 9.41. The van der Waals surface area contributed by atoms with Gasteiger partial charge in [-0.25, -0.2) is 0 Å². The molecule has 0 nitrogen and oxygen atoms in total. The van der Waals surface area contributed by atoms with Crippen LogP contribution >= 0.6 is 0 Å². The van der Waals surface area contributed by atoms with Crippen LogP contribution in [-0.4, -0.2) is 9.52 Å². The number of hydrogen-bond acceptors (Lipinski definition) is 0. The minimum absolute atomic E-state index is 0.191. The average molecular weight is 182 g/mol. The molecule has 0 heterocycles. The third-order valence-electron chi connectivity index (χ3n) is 1.99. The van der Waals surface area contributed by atoms with Gasteiger partial charge in [-0.3, -0.25) is 0 Å². The highest BCUT2D eigenvalue weighted by Crippen LogP contribution is 2.25. The molecule has 0 saturated carbocycles. The van der Waals surface area contributed by atoms with Gasteiger partial charge >= 0.3 is 0 Å². The first-order valence-corrected chi connectivity index (χ1v) is 6.18. The predicted molar refractivity (Wildman–Crippen MR) is 60.1 cm³/mol. The third-order valence-corrected chi connectivity index (χ3v) is 3.80. The minimum Gasteiger partial charge on any atom is -0.138 e. The fourth-order valence-electron chi connectivity index (χ4n) is 0.674. The lowest BCUT2D eigenvalue weighted by Gasteiger charge is -2.18. The monoisotopic (exact) mass is 182 g/mol. The molecule has 0 saturated heterocycles. The van der Waals surface area contributed by atoms with Gasteiger partial charge in [-0.05, 0) is 25.8 Å². The molecule has 0 bridgehead atoms. The Morgan fingerprint density at radius 3 is 1.92 bits per heavy atom. The summed E-state index contributed by atoms with van der Waals surface area (Å²) >= 11 is 0. The predicted octanol–water partition coefficient (Wildman–Crippen LogP) is 2.77. The Morgan fingerprint density at radius 1 is 1.08 bits per heavy atom. The van der Waals surface area contributed by atoms with Gasteiger partial charge in [0.15, 0.2) is 0 Å². The Morgan fingerprint density at radius 2 is 1.58 bits per heavy atom. The summed E-state index contributed by atoms with van der Waals surface area (Å²) in [4.78, 5) is 0. The van der Waals surface area contributed by atoms with E-state index < -0.39 is 0 Å². The van der Waals surface area contributed by atoms with E-state index in [0.717, 1.165) is 0 Å². The molecule has 0 spiro atoms. The first-order valence-electron chi connectivity index (χ1n) is 4.77. The number of rotatable bonds is 2. The summed E-state index contributed by atoms with van der Waals surface area (Å²) in [5.41, 5.74) is 3.60. The second-order valence-corrected chi connectivity index (χ2v) is 7.87. The summed E-state index contributed by atoms with van der Waals surface area (Å²) in [6, 6.07) is 0. The fraction of sp³-hybridized carbons (Fsp3) is 0.818. The lowest BCUT2D eigenvalue weighted by Crippen LogP contribution is -2.11. The topological polar surface area (TPSA) is 0 Å². The van der Waals surface area contributed by atoms with Gasteiger partial charge in [-0.2, -0.15) is 0 Å². The van der Waals surface area contributed by atoms with Crippen molar-refractivity contribution < 1.29 is 0 Å². The highest BCUT2D eigenvalue weighted by molar-refractivity contribution is 6.49. The van der Waals surface area contributed by atoms with Gasteiger partial charge in [0, 0.05) is 5.41 Å². The van der Waals surface area contributed by atoms with Gasteiger partial charge in [0.1, 0.15) is 9.52 Å². The molecular formula is C11H22Si. The van der Waals surface area contributed by atoms with E-state index in [4.69, 9.17) is 0 Å². The van der Waals surface area contributed by atoms with Crippen molar-refractivity contribution in [2.45, 2.75) is 53.0 Å². The van der Waals surface area contributed by atoms with Crippen molar-refractivity contribution in [3.8, 4) is 11.5 Å². The summed E-state index contributed by atoms with van der Waals surface area (Å²) in [5.74, 6) is 3.32. The highest BCUT2D eigenvalue weighted by atomic mass is 28.2. The summed E-state index contributed by atoms with van der Waals surface area (Å²) in [7, 11) is -0.202. The molecule has 0 aromatic rings. The maximum absolute atomic E-state index is 3.41. The van der Waals surface area contributed by atoms with E-state index in [9.17, 15) is 0 Å². The van der Waals surface area contributed by atoms with Crippen LogP contribution in [0.15, 0.2) is 0 Å². The van der Waals surface area contributed by atoms with Gasteiger partial charge in [0.2, 0.25) is 0 Å². The number of hydrogen-bond donors (Lipinski definition) is 0. The van der Waals surface area contributed by atoms with Crippen molar-refractivity contribution >= 4 is 9.52 Å². The van der Waals surface area contributed by atoms with Crippen molar-refractivity contribution in [2.24, 2.45) is 5.41 Å². The molecule has 1 heteroatoms. The summed E-state index contributed by atoms with van der Waals surface area (Å²) < 4.78 is 0. The molecule has 0 rings (SSSR count). The highest BCUT2D eigenvalue weighted by Gasteiger charge is 2.14. The van der Waals surface area contributed by atoms with Crippen LogP contribution in [0.5, 0.6) is 0 Å². The first-order chi connectivity index (χ1) is 5.27. The van der Waals surface area contributed by atoms with E-state index in [2.05, 4.69) is 53.0 Å². The normalized spacial score (nSPS) is 13.2. The zero-order valence-corrected chi connectivity index (χ0v) is 10.8. The molecule has 70 valence electrons. The largest absolute Gasteiger partial charge is 0.138 e. The van der Waals surface area contributed by atoms with E-state index >= 15 is 0 Å². The van der Waals surface area contributed by atoms with Gasteiger partial charge in [-0.15, -0.1) is 11.5 Å². The van der Waals surface area contributed by atoms with Gasteiger partial charge in [0.05, 0.1) is 0 Å². The Hall–Kier alpha value is -0.223. The Kier molecular flexibility index (Phi) is 4.06. The molecule has 0 radical (unpaired) electrons. The molecule has 0 unspecified atom stereocenters. The van der Waals surface area contributed by atoms with Crippen LogP contribution < -0.4 is 0 Å². The lowest BCUT2D eigenvalue weighted by molar-refractivity contribution is 0.571. The van der Waals surface area contributed by atoms with Crippen molar-refractivity contribution in [1.29, 1.82) is 0 Å². The molecule has 0 aromatic carbocycles. The van der Waals surface area contributed by atoms with Gasteiger partial charge in [0.25, 0.3) is 0 Å². The molecule has 0 aromatic heterocycles. The summed E-state index contributed by atoms with van der Waals surface area (Å²) in [5, 5.41) is 0.526. The van der Waals surface area contributed by atoms with E-state index in [1.165, 1.54) is 6.42 Å². The van der Waals surface area contributed by atoms with Crippen LogP contribution in [-0.2, 0) is 0 Å². The van der Waals surface area contributed by atoms with Crippen molar-refractivity contribution in [3.63, 3.8) is 0 Å². The van der Waals surface area contributed by atoms with E-state index in [1.54, 1.807) is 0 Å². The Labute approximate surface area is 80.0 Å². The molecule has 0 atom stereocenters. The molecule has 0 aliphatic carbocycles. The van der Waals surface area contributed by atoms with Crippen LogP contribution in [0.3, 0.4) is 0 Å². The standard InChI is InChI=1S/C11H22Si/c1-7-11(5,6)12-9-8-10(2,3)4/h7,12H2,1-6H3. The third kappa shape index (κ3) is 6.48. The van der Waals surface area contributed by atoms with Crippen molar-refractivity contribution in [3.05, 3.63) is 0 Å². The maximum Gasteiger partial charge on any atom is 0.112 e. The van der Waals surface area contributed by atoms with Crippen LogP contribution in [0.25, 0.3) is 0 Å². The van der Waals surface area contributed by atoms with Gasteiger partial charge < -0.3 is 0 Å². The molecule has 0 aliphatic rings. The maximum atomic E-state index is 3.41. The van der Waals surface area contributed by atoms with Crippen LogP contribution in [0, 0.1) is 16.9 Å². The van der Waals surface area contributed by atoms with Crippen LogP contribution in [0.4, 0.5) is 0 Å². The van der Waals surface area contributed by atoms with E-state index in [-0.39, 0.29) is 14.9 Å². The Balaban J connectivity index is 4.03. The molecule has 0 fully saturated rings. The Bertz CT molecular complexity index is 185. The smallest absolute Gasteiger partial charge is 0.112 e. The van der Waals surface area contributed by atoms with Crippen LogP contribution in [0.1, 0.15) is 48.0 Å². The molecule has 0 aliphatic heterocycles. The lowest BCUT2D eigenvalue weighted by atomic mass is 9.99.